The van der Waals surface area contributed by atoms with Crippen molar-refractivity contribution in [2.45, 2.75) is 42.4 Å². The third-order valence-corrected chi connectivity index (χ3v) is 5.76. The quantitative estimate of drug-likeness (QED) is 0.449. The van der Waals surface area contributed by atoms with Gasteiger partial charge in [-0.25, -0.2) is 14.2 Å². The molecule has 0 aliphatic carbocycles. The van der Waals surface area contributed by atoms with Crippen LogP contribution in [-0.2, 0) is 18.4 Å². The van der Waals surface area contributed by atoms with Gasteiger partial charge in [-0.3, -0.25) is 4.79 Å². The van der Waals surface area contributed by atoms with E-state index in [2.05, 4.69) is 20.9 Å². The lowest BCUT2D eigenvalue weighted by molar-refractivity contribution is -0.118. The SMILES string of the molecule is CCCC(NC(=O)NCc1ccc(F)cc1)C(=O)Nc1ccc(Sc2nccn2C)cc1. The lowest BCUT2D eigenvalue weighted by Gasteiger charge is -2.18. The number of aromatic nitrogens is 2. The maximum absolute atomic E-state index is 13.0. The van der Waals surface area contributed by atoms with Crippen LogP contribution in [0.1, 0.15) is 25.3 Å². The van der Waals surface area contributed by atoms with Crippen LogP contribution in [0, 0.1) is 5.82 Å². The molecular formula is C23H26FN5O2S. The molecule has 0 saturated carbocycles. The summed E-state index contributed by atoms with van der Waals surface area (Å²) < 4.78 is 14.9. The molecule has 3 N–H and O–H groups in total. The van der Waals surface area contributed by atoms with Crippen LogP contribution < -0.4 is 16.0 Å². The van der Waals surface area contributed by atoms with Gasteiger partial charge in [0.15, 0.2) is 5.16 Å². The number of carbonyl (C=O) groups excluding carboxylic acids is 2. The van der Waals surface area contributed by atoms with Crippen molar-refractivity contribution in [3.05, 3.63) is 72.3 Å². The average molecular weight is 456 g/mol. The molecule has 2 aromatic carbocycles. The Morgan fingerprint density at radius 1 is 1.12 bits per heavy atom. The number of nitrogens with one attached hydrogen (secondary N) is 3. The van der Waals surface area contributed by atoms with Gasteiger partial charge in [0.2, 0.25) is 5.91 Å². The van der Waals surface area contributed by atoms with E-state index in [-0.39, 0.29) is 18.3 Å². The number of urea groups is 1. The zero-order chi connectivity index (χ0) is 22.9. The molecule has 168 valence electrons. The molecule has 1 aromatic heterocycles. The zero-order valence-electron chi connectivity index (χ0n) is 18.0. The van der Waals surface area contributed by atoms with Crippen molar-refractivity contribution in [2.24, 2.45) is 7.05 Å². The highest BCUT2D eigenvalue weighted by Crippen LogP contribution is 2.26. The van der Waals surface area contributed by atoms with Crippen molar-refractivity contribution < 1.29 is 14.0 Å². The minimum atomic E-state index is -0.671. The summed E-state index contributed by atoms with van der Waals surface area (Å²) in [6.07, 6.45) is 4.86. The van der Waals surface area contributed by atoms with Gasteiger partial charge in [-0.05, 0) is 48.4 Å². The highest BCUT2D eigenvalue weighted by Gasteiger charge is 2.20. The molecule has 7 nitrogen and oxygen atoms in total. The predicted molar refractivity (Wildman–Crippen MR) is 123 cm³/mol. The molecule has 0 aliphatic rings. The number of carbonyl (C=O) groups is 2. The Kier molecular flexibility index (Phi) is 8.27. The number of rotatable bonds is 9. The summed E-state index contributed by atoms with van der Waals surface area (Å²) >= 11 is 1.53. The Balaban J connectivity index is 1.52. The van der Waals surface area contributed by atoms with Gasteiger partial charge in [0, 0.05) is 36.6 Å². The molecule has 1 unspecified atom stereocenters. The third kappa shape index (κ3) is 6.84. The number of amides is 3. The molecule has 0 aliphatic heterocycles. The van der Waals surface area contributed by atoms with Crippen LogP contribution in [0.25, 0.3) is 0 Å². The molecule has 0 bridgehead atoms. The van der Waals surface area contributed by atoms with Gasteiger partial charge in [0.05, 0.1) is 0 Å². The standard InChI is InChI=1S/C23H26FN5O2S/c1-3-4-20(28-22(31)26-15-16-5-7-17(24)8-6-16)21(30)27-18-9-11-19(12-10-18)32-23-25-13-14-29(23)2/h5-14,20H,3-4,15H2,1-2H3,(H,27,30)(H2,26,28,31). The van der Waals surface area contributed by atoms with Crippen molar-refractivity contribution in [1.82, 2.24) is 20.2 Å². The van der Waals surface area contributed by atoms with Crippen LogP contribution in [0.4, 0.5) is 14.9 Å². The van der Waals surface area contributed by atoms with Crippen LogP contribution >= 0.6 is 11.8 Å². The van der Waals surface area contributed by atoms with Crippen molar-refractivity contribution in [3.8, 4) is 0 Å². The topological polar surface area (TPSA) is 88.1 Å². The van der Waals surface area contributed by atoms with Gasteiger partial charge in [-0.15, -0.1) is 0 Å². The van der Waals surface area contributed by atoms with E-state index in [0.717, 1.165) is 22.0 Å². The Hall–Kier alpha value is -3.33. The minimum absolute atomic E-state index is 0.238. The molecule has 0 radical (unpaired) electrons. The smallest absolute Gasteiger partial charge is 0.315 e. The van der Waals surface area contributed by atoms with E-state index in [1.807, 2.05) is 49.0 Å². The van der Waals surface area contributed by atoms with Crippen molar-refractivity contribution in [2.75, 3.05) is 5.32 Å². The third-order valence-electron chi connectivity index (χ3n) is 4.67. The Labute approximate surface area is 190 Å². The maximum Gasteiger partial charge on any atom is 0.315 e. The number of hydrogen-bond acceptors (Lipinski definition) is 4. The highest BCUT2D eigenvalue weighted by molar-refractivity contribution is 7.99. The molecule has 3 rings (SSSR count). The first kappa shape index (κ1) is 23.3. The number of benzene rings is 2. The number of hydrogen-bond donors (Lipinski definition) is 3. The highest BCUT2D eigenvalue weighted by atomic mass is 32.2. The predicted octanol–water partition coefficient (Wildman–Crippen LogP) is 4.32. The molecule has 3 aromatic rings. The van der Waals surface area contributed by atoms with Gasteiger partial charge in [-0.2, -0.15) is 0 Å². The van der Waals surface area contributed by atoms with Crippen LogP contribution in [0.3, 0.4) is 0 Å². The first-order chi connectivity index (χ1) is 15.4. The first-order valence-corrected chi connectivity index (χ1v) is 11.1. The molecule has 0 fully saturated rings. The van der Waals surface area contributed by atoms with E-state index in [0.29, 0.717) is 12.1 Å². The summed E-state index contributed by atoms with van der Waals surface area (Å²) in [5.41, 5.74) is 1.41. The summed E-state index contributed by atoms with van der Waals surface area (Å²) in [4.78, 5) is 30.3. The Morgan fingerprint density at radius 3 is 2.47 bits per heavy atom. The van der Waals surface area contributed by atoms with Crippen LogP contribution in [0.2, 0.25) is 0 Å². The zero-order valence-corrected chi connectivity index (χ0v) is 18.8. The van der Waals surface area contributed by atoms with Gasteiger partial charge in [0.1, 0.15) is 11.9 Å². The van der Waals surface area contributed by atoms with Crippen molar-refractivity contribution >= 4 is 29.4 Å². The van der Waals surface area contributed by atoms with E-state index < -0.39 is 12.1 Å². The second-order valence-electron chi connectivity index (χ2n) is 7.23. The lowest BCUT2D eigenvalue weighted by atomic mass is 10.1. The summed E-state index contributed by atoms with van der Waals surface area (Å²) in [5, 5.41) is 9.14. The molecule has 1 heterocycles. The number of aryl methyl sites for hydroxylation is 1. The molecule has 1 atom stereocenters. The number of anilines is 1. The van der Waals surface area contributed by atoms with Crippen LogP contribution in [0.5, 0.6) is 0 Å². The van der Waals surface area contributed by atoms with E-state index in [1.165, 1.54) is 23.9 Å². The average Bonchev–Trinajstić information content (AvgIpc) is 3.18. The fourth-order valence-electron chi connectivity index (χ4n) is 2.94. The Morgan fingerprint density at radius 2 is 1.84 bits per heavy atom. The molecular weight excluding hydrogens is 429 g/mol. The fraction of sp³-hybridized carbons (Fsp3) is 0.261. The largest absolute Gasteiger partial charge is 0.334 e. The fourth-order valence-corrected chi connectivity index (χ4v) is 3.74. The first-order valence-electron chi connectivity index (χ1n) is 10.3. The molecule has 3 amide bonds. The lowest BCUT2D eigenvalue weighted by Crippen LogP contribution is -2.47. The number of imidazole rings is 1. The Bertz CT molecular complexity index is 1040. The monoisotopic (exact) mass is 455 g/mol. The molecule has 0 spiro atoms. The van der Waals surface area contributed by atoms with E-state index in [9.17, 15) is 14.0 Å². The van der Waals surface area contributed by atoms with Crippen molar-refractivity contribution in [3.63, 3.8) is 0 Å². The van der Waals surface area contributed by atoms with Crippen molar-refractivity contribution in [1.29, 1.82) is 0 Å². The van der Waals surface area contributed by atoms with Gasteiger partial charge in [-0.1, -0.05) is 37.2 Å². The second kappa shape index (κ2) is 11.3. The second-order valence-corrected chi connectivity index (χ2v) is 8.27. The van der Waals surface area contributed by atoms with E-state index >= 15 is 0 Å². The molecule has 32 heavy (non-hydrogen) atoms. The summed E-state index contributed by atoms with van der Waals surface area (Å²) in [6, 6.07) is 12.2. The number of halogens is 1. The summed E-state index contributed by atoms with van der Waals surface area (Å²) in [7, 11) is 1.93. The number of nitrogens with zero attached hydrogens (tertiary/aromatic N) is 2. The van der Waals surface area contributed by atoms with E-state index in [1.54, 1.807) is 18.3 Å². The van der Waals surface area contributed by atoms with Gasteiger partial charge >= 0.3 is 6.03 Å². The van der Waals surface area contributed by atoms with E-state index in [4.69, 9.17) is 0 Å². The molecule has 9 heteroatoms. The maximum atomic E-state index is 13.0. The van der Waals surface area contributed by atoms with Crippen LogP contribution in [0.15, 0.2) is 71.0 Å². The van der Waals surface area contributed by atoms with Gasteiger partial charge in [0.25, 0.3) is 0 Å². The summed E-state index contributed by atoms with van der Waals surface area (Å²) in [6.45, 7) is 2.18. The minimum Gasteiger partial charge on any atom is -0.334 e. The summed E-state index contributed by atoms with van der Waals surface area (Å²) in [5.74, 6) is -0.616. The van der Waals surface area contributed by atoms with Gasteiger partial charge < -0.3 is 20.5 Å². The normalized spacial score (nSPS) is 11.6. The molecule has 0 saturated heterocycles. The van der Waals surface area contributed by atoms with Crippen LogP contribution in [-0.4, -0.2) is 27.5 Å².